The number of benzene rings is 1. The Labute approximate surface area is 108 Å². The fraction of sp³-hybridized carbons (Fsp3) is 0.417. The average Bonchev–Trinajstić information content (AvgIpc) is 2.29. The molecule has 1 N–H and O–H groups in total. The summed E-state index contributed by atoms with van der Waals surface area (Å²) in [6.07, 6.45) is 0.323. The summed E-state index contributed by atoms with van der Waals surface area (Å²) >= 11 is 3.38. The number of nitrogens with one attached hydrogen (secondary N) is 1. The number of hydrogen-bond donors (Lipinski definition) is 1. The molecule has 0 radical (unpaired) electrons. The molecule has 0 fully saturated rings. The average molecular weight is 300 g/mol. The minimum Gasteiger partial charge on any atom is -0.489 e. The Morgan fingerprint density at radius 2 is 2.47 bits per heavy atom. The highest BCUT2D eigenvalue weighted by Gasteiger charge is 2.21. The van der Waals surface area contributed by atoms with Crippen LogP contribution in [0.4, 0.5) is 5.69 Å². The molecule has 0 amide bonds. The van der Waals surface area contributed by atoms with Gasteiger partial charge in [-0.25, -0.2) is 0 Å². The number of fused-ring (bicyclic) bond motifs is 1. The topological polar surface area (TPSA) is 47.6 Å². The molecule has 1 heterocycles. The Hall–Kier alpha value is -1.23. The molecule has 0 spiro atoms. The molecule has 1 aliphatic heterocycles. The molecule has 0 aliphatic carbocycles. The molecule has 1 aromatic carbocycles. The van der Waals surface area contributed by atoms with E-state index in [0.29, 0.717) is 19.6 Å². The number of halogens is 1. The summed E-state index contributed by atoms with van der Waals surface area (Å²) in [5, 5.41) is 3.27. The molecule has 92 valence electrons. The molecule has 1 aromatic rings. The van der Waals surface area contributed by atoms with Gasteiger partial charge in [0.2, 0.25) is 0 Å². The lowest BCUT2D eigenvalue weighted by Gasteiger charge is -2.26. The highest BCUT2D eigenvalue weighted by molar-refractivity contribution is 9.10. The van der Waals surface area contributed by atoms with Crippen LogP contribution in [0.5, 0.6) is 5.75 Å². The van der Waals surface area contributed by atoms with E-state index in [2.05, 4.69) is 21.2 Å². The fourth-order valence-electron chi connectivity index (χ4n) is 1.72. The van der Waals surface area contributed by atoms with Crippen LogP contribution in [0.2, 0.25) is 0 Å². The first-order valence-electron chi connectivity index (χ1n) is 5.53. The molecule has 0 bridgehead atoms. The van der Waals surface area contributed by atoms with E-state index in [1.54, 1.807) is 6.92 Å². The van der Waals surface area contributed by atoms with Crippen molar-refractivity contribution in [1.82, 2.24) is 0 Å². The van der Waals surface area contributed by atoms with E-state index in [4.69, 9.17) is 9.47 Å². The number of rotatable bonds is 3. The second-order valence-corrected chi connectivity index (χ2v) is 4.72. The predicted molar refractivity (Wildman–Crippen MR) is 68.3 cm³/mol. The molecule has 17 heavy (non-hydrogen) atoms. The van der Waals surface area contributed by atoms with Gasteiger partial charge in [-0.05, 0) is 25.1 Å². The van der Waals surface area contributed by atoms with Crippen LogP contribution >= 0.6 is 15.9 Å². The zero-order valence-corrected chi connectivity index (χ0v) is 11.1. The van der Waals surface area contributed by atoms with Gasteiger partial charge in [-0.2, -0.15) is 0 Å². The minimum atomic E-state index is -0.200. The standard InChI is InChI=1S/C12H14BrNO3/c1-2-16-12(15)6-9-7-17-11-5-8(13)3-4-10(11)14-9/h3-5,9,14H,2,6-7H2,1H3. The third kappa shape index (κ3) is 3.12. The van der Waals surface area contributed by atoms with Crippen molar-refractivity contribution in [2.45, 2.75) is 19.4 Å². The van der Waals surface area contributed by atoms with Gasteiger partial charge in [-0.3, -0.25) is 4.79 Å². The summed E-state index contributed by atoms with van der Waals surface area (Å²) in [6.45, 7) is 2.69. The summed E-state index contributed by atoms with van der Waals surface area (Å²) in [5.74, 6) is 0.605. The quantitative estimate of drug-likeness (QED) is 0.872. The first-order valence-corrected chi connectivity index (χ1v) is 6.33. The summed E-state index contributed by atoms with van der Waals surface area (Å²) < 4.78 is 11.5. The van der Waals surface area contributed by atoms with Crippen LogP contribution in [-0.2, 0) is 9.53 Å². The van der Waals surface area contributed by atoms with Crippen LogP contribution in [0, 0.1) is 0 Å². The van der Waals surface area contributed by atoms with Crippen LogP contribution in [0.25, 0.3) is 0 Å². The number of esters is 1. The molecule has 1 aliphatic rings. The van der Waals surface area contributed by atoms with Gasteiger partial charge in [0.05, 0.1) is 24.8 Å². The third-order valence-electron chi connectivity index (χ3n) is 2.46. The van der Waals surface area contributed by atoms with Crippen LogP contribution in [0.15, 0.2) is 22.7 Å². The van der Waals surface area contributed by atoms with Crippen LogP contribution in [0.1, 0.15) is 13.3 Å². The highest BCUT2D eigenvalue weighted by atomic mass is 79.9. The van der Waals surface area contributed by atoms with E-state index in [1.165, 1.54) is 0 Å². The van der Waals surface area contributed by atoms with E-state index in [0.717, 1.165) is 15.9 Å². The molecule has 4 nitrogen and oxygen atoms in total. The van der Waals surface area contributed by atoms with E-state index in [1.807, 2.05) is 18.2 Å². The van der Waals surface area contributed by atoms with Crippen LogP contribution < -0.4 is 10.1 Å². The van der Waals surface area contributed by atoms with Crippen molar-refractivity contribution in [1.29, 1.82) is 0 Å². The summed E-state index contributed by atoms with van der Waals surface area (Å²) in [4.78, 5) is 11.4. The van der Waals surface area contributed by atoms with E-state index >= 15 is 0 Å². The van der Waals surface area contributed by atoms with Crippen molar-refractivity contribution in [3.63, 3.8) is 0 Å². The third-order valence-corrected chi connectivity index (χ3v) is 2.95. The normalized spacial score (nSPS) is 17.6. The van der Waals surface area contributed by atoms with E-state index in [9.17, 15) is 4.79 Å². The smallest absolute Gasteiger partial charge is 0.307 e. The predicted octanol–water partition coefficient (Wildman–Crippen LogP) is 2.58. The molecule has 0 saturated carbocycles. The van der Waals surface area contributed by atoms with Crippen molar-refractivity contribution in [3.8, 4) is 5.75 Å². The lowest BCUT2D eigenvalue weighted by Crippen LogP contribution is -2.33. The van der Waals surface area contributed by atoms with E-state index in [-0.39, 0.29) is 12.0 Å². The van der Waals surface area contributed by atoms with Crippen LogP contribution in [-0.4, -0.2) is 25.2 Å². The molecule has 1 unspecified atom stereocenters. The maximum Gasteiger partial charge on any atom is 0.307 e. The lowest BCUT2D eigenvalue weighted by atomic mass is 10.1. The number of anilines is 1. The van der Waals surface area contributed by atoms with Crippen molar-refractivity contribution in [3.05, 3.63) is 22.7 Å². The fourth-order valence-corrected chi connectivity index (χ4v) is 2.06. The summed E-state index contributed by atoms with van der Waals surface area (Å²) in [5.41, 5.74) is 0.911. The molecule has 0 aromatic heterocycles. The second-order valence-electron chi connectivity index (χ2n) is 3.80. The maximum absolute atomic E-state index is 11.4. The van der Waals surface area contributed by atoms with Crippen molar-refractivity contribution in [2.75, 3.05) is 18.5 Å². The van der Waals surface area contributed by atoms with Crippen LogP contribution in [0.3, 0.4) is 0 Å². The van der Waals surface area contributed by atoms with Gasteiger partial charge < -0.3 is 14.8 Å². The highest BCUT2D eigenvalue weighted by Crippen LogP contribution is 2.32. The summed E-state index contributed by atoms with van der Waals surface area (Å²) in [7, 11) is 0. The molecule has 2 rings (SSSR count). The van der Waals surface area contributed by atoms with Crippen molar-refractivity contribution >= 4 is 27.6 Å². The Morgan fingerprint density at radius 1 is 1.65 bits per heavy atom. The van der Waals surface area contributed by atoms with Crippen molar-refractivity contribution < 1.29 is 14.3 Å². The molecule has 5 heteroatoms. The Kier molecular flexibility index (Phi) is 3.89. The number of hydrogen-bond acceptors (Lipinski definition) is 4. The Balaban J connectivity index is 1.99. The van der Waals surface area contributed by atoms with Gasteiger partial charge >= 0.3 is 5.97 Å². The van der Waals surface area contributed by atoms with Gasteiger partial charge in [0.15, 0.2) is 0 Å². The lowest BCUT2D eigenvalue weighted by molar-refractivity contribution is -0.143. The largest absolute Gasteiger partial charge is 0.489 e. The monoisotopic (exact) mass is 299 g/mol. The Morgan fingerprint density at radius 3 is 3.24 bits per heavy atom. The first kappa shape index (κ1) is 12.2. The van der Waals surface area contributed by atoms with Crippen molar-refractivity contribution in [2.24, 2.45) is 0 Å². The maximum atomic E-state index is 11.4. The van der Waals surface area contributed by atoms with Gasteiger partial charge in [-0.15, -0.1) is 0 Å². The summed E-state index contributed by atoms with van der Waals surface area (Å²) in [6, 6.07) is 5.74. The van der Waals surface area contributed by atoms with Gasteiger partial charge in [-0.1, -0.05) is 15.9 Å². The second kappa shape index (κ2) is 5.40. The van der Waals surface area contributed by atoms with E-state index < -0.39 is 0 Å². The van der Waals surface area contributed by atoms with Gasteiger partial charge in [0, 0.05) is 4.47 Å². The number of carbonyl (C=O) groups excluding carboxylic acids is 1. The zero-order valence-electron chi connectivity index (χ0n) is 9.53. The molecular formula is C12H14BrNO3. The van der Waals surface area contributed by atoms with Gasteiger partial charge in [0.25, 0.3) is 0 Å². The number of carbonyl (C=O) groups is 1. The molecule has 1 atom stereocenters. The first-order chi connectivity index (χ1) is 8.19. The zero-order chi connectivity index (χ0) is 12.3. The SMILES string of the molecule is CCOC(=O)CC1COc2cc(Br)ccc2N1. The molecule has 0 saturated heterocycles. The number of ether oxygens (including phenoxy) is 2. The Bertz CT molecular complexity index is 422. The van der Waals surface area contributed by atoms with Gasteiger partial charge in [0.1, 0.15) is 12.4 Å². The minimum absolute atomic E-state index is 0.0253. The molecular weight excluding hydrogens is 286 g/mol.